The molecule has 1 aliphatic rings. The third-order valence-electron chi connectivity index (χ3n) is 3.10. The van der Waals surface area contributed by atoms with Crippen LogP contribution in [0, 0.1) is 13.8 Å². The molecule has 1 fully saturated rings. The molecule has 1 aliphatic carbocycles. The summed E-state index contributed by atoms with van der Waals surface area (Å²) in [6, 6.07) is 4.18. The minimum absolute atomic E-state index is 0.393. The van der Waals surface area contributed by atoms with Gasteiger partial charge < -0.3 is 5.11 Å². The van der Waals surface area contributed by atoms with Gasteiger partial charge in [-0.2, -0.15) is 0 Å². The fraction of sp³-hybridized carbons (Fsp3) is 0.500. The Morgan fingerprint density at radius 1 is 1.36 bits per heavy atom. The summed E-state index contributed by atoms with van der Waals surface area (Å²) in [6.45, 7) is 4.22. The van der Waals surface area contributed by atoms with E-state index in [1.807, 2.05) is 0 Å². The van der Waals surface area contributed by atoms with Gasteiger partial charge in [0, 0.05) is 10.9 Å². The van der Waals surface area contributed by atoms with Gasteiger partial charge in [-0.3, -0.25) is 0 Å². The first-order chi connectivity index (χ1) is 6.52. The third-order valence-corrected chi connectivity index (χ3v) is 3.96. The lowest BCUT2D eigenvalue weighted by molar-refractivity contribution is 0.150. The van der Waals surface area contributed by atoms with E-state index in [-0.39, 0.29) is 0 Å². The summed E-state index contributed by atoms with van der Waals surface area (Å²) in [5, 5.41) is 9.91. The van der Waals surface area contributed by atoms with Crippen molar-refractivity contribution < 1.29 is 5.11 Å². The molecular formula is C12H15BrO. The summed E-state index contributed by atoms with van der Waals surface area (Å²) in [6.07, 6.45) is 2.72. The van der Waals surface area contributed by atoms with Crippen molar-refractivity contribution >= 4 is 15.9 Å². The van der Waals surface area contributed by atoms with Crippen LogP contribution in [0.3, 0.4) is 0 Å². The van der Waals surface area contributed by atoms with Crippen molar-refractivity contribution in [1.82, 2.24) is 0 Å². The van der Waals surface area contributed by atoms with Gasteiger partial charge in [-0.25, -0.2) is 0 Å². The third kappa shape index (κ3) is 1.86. The second kappa shape index (κ2) is 3.35. The fourth-order valence-corrected chi connectivity index (χ4v) is 2.16. The highest BCUT2D eigenvalue weighted by molar-refractivity contribution is 9.10. The van der Waals surface area contributed by atoms with Gasteiger partial charge in [0.05, 0.1) is 5.60 Å². The van der Waals surface area contributed by atoms with Crippen LogP contribution < -0.4 is 0 Å². The molecule has 1 aromatic rings. The molecule has 0 spiro atoms. The Morgan fingerprint density at radius 2 is 2.00 bits per heavy atom. The summed E-state index contributed by atoms with van der Waals surface area (Å²) in [7, 11) is 0. The van der Waals surface area contributed by atoms with Crippen LogP contribution >= 0.6 is 15.9 Å². The van der Waals surface area contributed by atoms with Gasteiger partial charge in [-0.1, -0.05) is 22.0 Å². The number of aryl methyl sites for hydroxylation is 1. The fourth-order valence-electron chi connectivity index (χ4n) is 1.79. The Bertz CT molecular complexity index is 367. The van der Waals surface area contributed by atoms with Crippen molar-refractivity contribution in [2.75, 3.05) is 0 Å². The molecule has 0 unspecified atom stereocenters. The number of aliphatic hydroxyl groups is 1. The molecule has 1 N–H and O–H groups in total. The maximum atomic E-state index is 9.91. The number of hydrogen-bond acceptors (Lipinski definition) is 1. The smallest absolute Gasteiger partial charge is 0.0690 e. The lowest BCUT2D eigenvalue weighted by Gasteiger charge is -2.14. The molecule has 0 atom stereocenters. The highest BCUT2D eigenvalue weighted by Gasteiger charge is 2.40. The first-order valence-electron chi connectivity index (χ1n) is 4.99. The molecule has 1 saturated carbocycles. The van der Waals surface area contributed by atoms with E-state index in [2.05, 4.69) is 41.9 Å². The second-order valence-electron chi connectivity index (χ2n) is 4.37. The lowest BCUT2D eigenvalue weighted by atomic mass is 9.96. The first kappa shape index (κ1) is 10.2. The molecule has 0 radical (unpaired) electrons. The summed E-state index contributed by atoms with van der Waals surface area (Å²) in [5.41, 5.74) is 3.46. The topological polar surface area (TPSA) is 20.2 Å². The highest BCUT2D eigenvalue weighted by atomic mass is 79.9. The monoisotopic (exact) mass is 254 g/mol. The molecular weight excluding hydrogens is 240 g/mol. The minimum atomic E-state index is -0.393. The molecule has 14 heavy (non-hydrogen) atoms. The molecule has 2 heteroatoms. The van der Waals surface area contributed by atoms with E-state index in [1.54, 1.807) is 0 Å². The van der Waals surface area contributed by atoms with Crippen molar-refractivity contribution in [3.8, 4) is 0 Å². The van der Waals surface area contributed by atoms with E-state index in [0.717, 1.165) is 23.7 Å². The largest absolute Gasteiger partial charge is 0.390 e. The van der Waals surface area contributed by atoms with Gasteiger partial charge in [-0.15, -0.1) is 0 Å². The van der Waals surface area contributed by atoms with E-state index in [4.69, 9.17) is 0 Å². The molecule has 1 nitrogen and oxygen atoms in total. The highest BCUT2D eigenvalue weighted by Crippen LogP contribution is 2.40. The van der Waals surface area contributed by atoms with Crippen molar-refractivity contribution in [2.45, 2.75) is 38.7 Å². The van der Waals surface area contributed by atoms with Crippen LogP contribution in [0.2, 0.25) is 0 Å². The molecule has 0 aliphatic heterocycles. The van der Waals surface area contributed by atoms with Crippen molar-refractivity contribution in [3.63, 3.8) is 0 Å². The zero-order valence-corrected chi connectivity index (χ0v) is 10.2. The van der Waals surface area contributed by atoms with Crippen molar-refractivity contribution in [1.29, 1.82) is 0 Å². The van der Waals surface area contributed by atoms with Crippen LogP contribution in [0.25, 0.3) is 0 Å². The van der Waals surface area contributed by atoms with E-state index >= 15 is 0 Å². The minimum Gasteiger partial charge on any atom is -0.390 e. The van der Waals surface area contributed by atoms with E-state index in [0.29, 0.717) is 0 Å². The standard InChI is InChI=1S/C12H15BrO/c1-8-3-4-11(13)9(2)10(8)7-12(14)5-6-12/h3-4,14H,5-7H2,1-2H3. The van der Waals surface area contributed by atoms with Gasteiger partial charge >= 0.3 is 0 Å². The SMILES string of the molecule is Cc1ccc(Br)c(C)c1CC1(O)CC1. The van der Waals surface area contributed by atoms with Gasteiger partial charge in [0.25, 0.3) is 0 Å². The number of hydrogen-bond donors (Lipinski definition) is 1. The average Bonchev–Trinajstić information content (AvgIpc) is 2.86. The second-order valence-corrected chi connectivity index (χ2v) is 5.22. The Balaban J connectivity index is 2.35. The zero-order valence-electron chi connectivity index (χ0n) is 8.60. The molecule has 2 rings (SSSR count). The van der Waals surface area contributed by atoms with Crippen LogP contribution in [0.1, 0.15) is 29.5 Å². The number of benzene rings is 1. The normalized spacial score (nSPS) is 18.3. The van der Waals surface area contributed by atoms with Gasteiger partial charge in [0.2, 0.25) is 0 Å². The molecule has 0 aromatic heterocycles. The Hall–Kier alpha value is -0.340. The van der Waals surface area contributed by atoms with E-state index < -0.39 is 5.60 Å². The number of halogens is 1. The Kier molecular flexibility index (Phi) is 2.44. The summed E-state index contributed by atoms with van der Waals surface area (Å²) in [5.74, 6) is 0. The van der Waals surface area contributed by atoms with Crippen LogP contribution in [0.5, 0.6) is 0 Å². The summed E-state index contributed by atoms with van der Waals surface area (Å²) in [4.78, 5) is 0. The molecule has 76 valence electrons. The van der Waals surface area contributed by atoms with Crippen molar-refractivity contribution in [2.24, 2.45) is 0 Å². The van der Waals surface area contributed by atoms with E-state index in [9.17, 15) is 5.11 Å². The summed E-state index contributed by atoms with van der Waals surface area (Å²) >= 11 is 3.53. The van der Waals surface area contributed by atoms with Crippen LogP contribution in [0.4, 0.5) is 0 Å². The Labute approximate surface area is 93.3 Å². The average molecular weight is 255 g/mol. The van der Waals surface area contributed by atoms with Crippen LogP contribution in [0.15, 0.2) is 16.6 Å². The quantitative estimate of drug-likeness (QED) is 0.860. The molecule has 0 heterocycles. The van der Waals surface area contributed by atoms with Gasteiger partial charge in [0.15, 0.2) is 0 Å². The van der Waals surface area contributed by atoms with Gasteiger partial charge in [0.1, 0.15) is 0 Å². The van der Waals surface area contributed by atoms with E-state index in [1.165, 1.54) is 16.7 Å². The van der Waals surface area contributed by atoms with Gasteiger partial charge in [-0.05, 0) is 49.4 Å². The summed E-state index contributed by atoms with van der Waals surface area (Å²) < 4.78 is 1.14. The van der Waals surface area contributed by atoms with Crippen LogP contribution in [-0.2, 0) is 6.42 Å². The maximum Gasteiger partial charge on any atom is 0.0690 e. The molecule has 0 saturated heterocycles. The molecule has 0 amide bonds. The van der Waals surface area contributed by atoms with Crippen LogP contribution in [-0.4, -0.2) is 10.7 Å². The molecule has 1 aromatic carbocycles. The maximum absolute atomic E-state index is 9.91. The lowest BCUT2D eigenvalue weighted by Crippen LogP contribution is -2.13. The molecule has 0 bridgehead atoms. The number of rotatable bonds is 2. The first-order valence-corrected chi connectivity index (χ1v) is 5.78. The predicted molar refractivity (Wildman–Crippen MR) is 61.5 cm³/mol. The Morgan fingerprint density at radius 3 is 2.57 bits per heavy atom. The zero-order chi connectivity index (χ0) is 10.3. The predicted octanol–water partition coefficient (Wildman–Crippen LogP) is 3.13. The van der Waals surface area contributed by atoms with Crippen molar-refractivity contribution in [3.05, 3.63) is 33.3 Å².